The van der Waals surface area contributed by atoms with E-state index >= 15 is 0 Å². The summed E-state index contributed by atoms with van der Waals surface area (Å²) in [5.74, 6) is 1.32. The minimum absolute atomic E-state index is 0.0122. The Kier molecular flexibility index (Phi) is 4.16. The molecule has 3 aromatic heterocycles. The standard InChI is InChI=1S/C17H16F3N7S/c18-17(19,20)13-11(2-1-4-22-13)28-12-6-23-14-15(24-12)26-16(25-14)27-7-9-3-5-21-10(9)8-27/h1-2,4,6,9-10,21H,3,5,7-8H2,(H,23,24,25,26). The largest absolute Gasteiger partial charge is 0.434 e. The predicted molar refractivity (Wildman–Crippen MR) is 97.2 cm³/mol. The third-order valence-electron chi connectivity index (χ3n) is 5.09. The van der Waals surface area contributed by atoms with Crippen molar-refractivity contribution in [1.82, 2.24) is 30.2 Å². The highest BCUT2D eigenvalue weighted by Crippen LogP contribution is 2.37. The van der Waals surface area contributed by atoms with E-state index in [1.165, 1.54) is 18.3 Å². The summed E-state index contributed by atoms with van der Waals surface area (Å²) in [6.07, 6.45) is -0.802. The Labute approximate surface area is 162 Å². The van der Waals surface area contributed by atoms with Gasteiger partial charge >= 0.3 is 6.18 Å². The van der Waals surface area contributed by atoms with Crippen molar-refractivity contribution in [3.63, 3.8) is 0 Å². The molecule has 2 aliphatic rings. The number of anilines is 1. The van der Waals surface area contributed by atoms with Gasteiger partial charge in [-0.1, -0.05) is 11.8 Å². The van der Waals surface area contributed by atoms with Gasteiger partial charge in [-0.3, -0.25) is 4.98 Å². The highest BCUT2D eigenvalue weighted by atomic mass is 32.2. The number of aromatic amines is 1. The Balaban J connectivity index is 1.41. The first-order valence-electron chi connectivity index (χ1n) is 8.88. The van der Waals surface area contributed by atoms with Crippen molar-refractivity contribution >= 4 is 29.0 Å². The fraction of sp³-hybridized carbons (Fsp3) is 0.412. The quantitative estimate of drug-likeness (QED) is 0.691. The van der Waals surface area contributed by atoms with E-state index in [1.807, 2.05) is 0 Å². The van der Waals surface area contributed by atoms with Crippen LogP contribution in [-0.2, 0) is 6.18 Å². The van der Waals surface area contributed by atoms with Crippen molar-refractivity contribution in [2.45, 2.75) is 28.6 Å². The second-order valence-corrected chi connectivity index (χ2v) is 7.97. The monoisotopic (exact) mass is 407 g/mol. The number of aromatic nitrogens is 5. The molecule has 146 valence electrons. The Morgan fingerprint density at radius 1 is 1.18 bits per heavy atom. The molecule has 28 heavy (non-hydrogen) atoms. The average molecular weight is 407 g/mol. The number of halogens is 3. The van der Waals surface area contributed by atoms with Gasteiger partial charge in [0, 0.05) is 30.2 Å². The summed E-state index contributed by atoms with van der Waals surface area (Å²) < 4.78 is 39.4. The third-order valence-corrected chi connectivity index (χ3v) is 6.04. The molecule has 2 N–H and O–H groups in total. The minimum Gasteiger partial charge on any atom is -0.340 e. The zero-order chi connectivity index (χ0) is 19.3. The number of pyridine rings is 1. The Morgan fingerprint density at radius 3 is 2.89 bits per heavy atom. The van der Waals surface area contributed by atoms with Crippen LogP contribution < -0.4 is 10.2 Å². The molecule has 5 rings (SSSR count). The summed E-state index contributed by atoms with van der Waals surface area (Å²) in [6, 6.07) is 3.32. The summed E-state index contributed by atoms with van der Waals surface area (Å²) in [5.41, 5.74) is -0.0163. The van der Waals surface area contributed by atoms with Crippen molar-refractivity contribution in [1.29, 1.82) is 0 Å². The van der Waals surface area contributed by atoms with Crippen molar-refractivity contribution < 1.29 is 13.2 Å². The summed E-state index contributed by atoms with van der Waals surface area (Å²) >= 11 is 0.883. The first kappa shape index (κ1) is 17.7. The molecule has 3 aromatic rings. The maximum absolute atomic E-state index is 13.1. The van der Waals surface area contributed by atoms with Gasteiger partial charge in [-0.15, -0.1) is 0 Å². The summed E-state index contributed by atoms with van der Waals surface area (Å²) in [6.45, 7) is 2.85. The molecule has 7 nitrogen and oxygen atoms in total. The van der Waals surface area contributed by atoms with E-state index < -0.39 is 11.9 Å². The van der Waals surface area contributed by atoms with E-state index in [4.69, 9.17) is 0 Å². The minimum atomic E-state index is -4.52. The number of H-pyrrole nitrogens is 1. The third kappa shape index (κ3) is 3.18. The lowest BCUT2D eigenvalue weighted by Crippen LogP contribution is -2.30. The van der Waals surface area contributed by atoms with Crippen LogP contribution in [0.25, 0.3) is 11.3 Å². The number of nitrogens with one attached hydrogen (secondary N) is 2. The van der Waals surface area contributed by atoms with Gasteiger partial charge in [-0.2, -0.15) is 18.2 Å². The van der Waals surface area contributed by atoms with Crippen LogP contribution in [0.5, 0.6) is 0 Å². The first-order valence-corrected chi connectivity index (χ1v) is 9.70. The number of nitrogens with zero attached hydrogens (tertiary/aromatic N) is 5. The molecule has 2 saturated heterocycles. The number of hydrogen-bond acceptors (Lipinski definition) is 7. The number of imidazole rings is 1. The normalized spacial score (nSPS) is 22.2. The number of alkyl halides is 3. The van der Waals surface area contributed by atoms with Crippen LogP contribution in [-0.4, -0.2) is 50.6 Å². The molecule has 0 bridgehead atoms. The molecule has 2 aliphatic heterocycles. The van der Waals surface area contributed by atoms with E-state index in [1.54, 1.807) is 0 Å². The number of hydrogen-bond donors (Lipinski definition) is 2. The molecule has 0 saturated carbocycles. The van der Waals surface area contributed by atoms with Crippen LogP contribution in [0.2, 0.25) is 0 Å². The zero-order valence-electron chi connectivity index (χ0n) is 14.6. The Bertz CT molecular complexity index is 1010. The van der Waals surface area contributed by atoms with Gasteiger partial charge in [0.05, 0.1) is 6.20 Å². The van der Waals surface area contributed by atoms with Crippen LogP contribution >= 0.6 is 11.8 Å². The zero-order valence-corrected chi connectivity index (χ0v) is 15.4. The van der Waals surface area contributed by atoms with E-state index in [9.17, 15) is 13.2 Å². The molecule has 0 aromatic carbocycles. The number of rotatable bonds is 3. The molecule has 0 amide bonds. The number of fused-ring (bicyclic) bond motifs is 2. The van der Waals surface area contributed by atoms with Crippen LogP contribution in [0.1, 0.15) is 12.1 Å². The lowest BCUT2D eigenvalue weighted by Gasteiger charge is -2.15. The van der Waals surface area contributed by atoms with Crippen LogP contribution in [0.3, 0.4) is 0 Å². The van der Waals surface area contributed by atoms with Gasteiger partial charge in [0.15, 0.2) is 17.0 Å². The summed E-state index contributed by atoms with van der Waals surface area (Å²) in [5, 5.41) is 3.84. The first-order chi connectivity index (χ1) is 13.5. The Hall–Kier alpha value is -2.40. The Morgan fingerprint density at radius 2 is 2.07 bits per heavy atom. The van der Waals surface area contributed by atoms with Gasteiger partial charge in [0.1, 0.15) is 5.03 Å². The smallest absolute Gasteiger partial charge is 0.340 e. The van der Waals surface area contributed by atoms with Gasteiger partial charge < -0.3 is 15.2 Å². The highest BCUT2D eigenvalue weighted by molar-refractivity contribution is 7.99. The fourth-order valence-corrected chi connectivity index (χ4v) is 4.67. The molecule has 0 radical (unpaired) electrons. The van der Waals surface area contributed by atoms with Crippen molar-refractivity contribution in [2.24, 2.45) is 5.92 Å². The van der Waals surface area contributed by atoms with Gasteiger partial charge in [0.2, 0.25) is 5.95 Å². The second-order valence-electron chi connectivity index (χ2n) is 6.91. The topological polar surface area (TPSA) is 82.6 Å². The van der Waals surface area contributed by atoms with Gasteiger partial charge in [-0.25, -0.2) is 9.97 Å². The lowest BCUT2D eigenvalue weighted by molar-refractivity contribution is -0.143. The van der Waals surface area contributed by atoms with E-state index in [2.05, 4.69) is 35.1 Å². The SMILES string of the molecule is FC(F)(F)c1ncccc1Sc1cnc2nc(N3CC4CCNC4C3)[nH]c2n1. The summed E-state index contributed by atoms with van der Waals surface area (Å²) in [4.78, 5) is 21.9. The van der Waals surface area contributed by atoms with Crippen molar-refractivity contribution in [3.8, 4) is 0 Å². The molecule has 0 aliphatic carbocycles. The lowest BCUT2D eigenvalue weighted by atomic mass is 10.1. The molecular weight excluding hydrogens is 391 g/mol. The predicted octanol–water partition coefficient (Wildman–Crippen LogP) is 2.72. The van der Waals surface area contributed by atoms with Gasteiger partial charge in [0.25, 0.3) is 0 Å². The maximum Gasteiger partial charge on any atom is 0.434 e. The van der Waals surface area contributed by atoms with Crippen LogP contribution in [0.15, 0.2) is 34.4 Å². The van der Waals surface area contributed by atoms with Crippen molar-refractivity contribution in [3.05, 3.63) is 30.2 Å². The fourth-order valence-electron chi connectivity index (χ4n) is 3.79. The van der Waals surface area contributed by atoms with Gasteiger partial charge in [-0.05, 0) is 31.0 Å². The average Bonchev–Trinajstić information content (AvgIpc) is 3.34. The van der Waals surface area contributed by atoms with Crippen molar-refractivity contribution in [2.75, 3.05) is 24.5 Å². The highest BCUT2D eigenvalue weighted by Gasteiger charge is 2.37. The molecule has 5 heterocycles. The molecule has 0 spiro atoms. The maximum atomic E-state index is 13.1. The van der Waals surface area contributed by atoms with Crippen LogP contribution in [0, 0.1) is 5.92 Å². The van der Waals surface area contributed by atoms with E-state index in [-0.39, 0.29) is 4.90 Å². The molecular formula is C17H16F3N7S. The van der Waals surface area contributed by atoms with Crippen LogP contribution in [0.4, 0.5) is 19.1 Å². The molecule has 11 heteroatoms. The van der Waals surface area contributed by atoms with E-state index in [0.717, 1.165) is 44.0 Å². The van der Waals surface area contributed by atoms with E-state index in [0.29, 0.717) is 34.2 Å². The molecule has 2 atom stereocenters. The summed E-state index contributed by atoms with van der Waals surface area (Å²) in [7, 11) is 0. The molecule has 2 fully saturated rings. The second kappa shape index (κ2) is 6.59. The molecule has 2 unspecified atom stereocenters.